The third-order valence-electron chi connectivity index (χ3n) is 3.44. The van der Waals surface area contributed by atoms with Gasteiger partial charge in [-0.25, -0.2) is 14.5 Å². The van der Waals surface area contributed by atoms with Crippen molar-refractivity contribution in [1.29, 1.82) is 0 Å². The largest absolute Gasteiger partial charge is 0.476 e. The van der Waals surface area contributed by atoms with Crippen LogP contribution in [0.3, 0.4) is 0 Å². The fourth-order valence-electron chi connectivity index (χ4n) is 2.50. The number of fused-ring (bicyclic) bond motifs is 1. The highest BCUT2D eigenvalue weighted by Crippen LogP contribution is 2.30. The molecule has 0 bridgehead atoms. The minimum absolute atomic E-state index is 0.0310. The van der Waals surface area contributed by atoms with Gasteiger partial charge < -0.3 is 10.4 Å². The Kier molecular flexibility index (Phi) is 3.53. The predicted octanol–water partition coefficient (Wildman–Crippen LogP) is 2.29. The van der Waals surface area contributed by atoms with E-state index in [-0.39, 0.29) is 11.6 Å². The van der Waals surface area contributed by atoms with Crippen LogP contribution in [0.4, 0.5) is 5.69 Å². The summed E-state index contributed by atoms with van der Waals surface area (Å²) in [7, 11) is 1.66. The van der Waals surface area contributed by atoms with E-state index >= 15 is 0 Å². The molecule has 2 heterocycles. The third-order valence-corrected chi connectivity index (χ3v) is 3.44. The zero-order valence-corrected chi connectivity index (χ0v) is 12.6. The van der Waals surface area contributed by atoms with Gasteiger partial charge in [0.1, 0.15) is 0 Å². The van der Waals surface area contributed by atoms with Crippen molar-refractivity contribution in [3.8, 4) is 11.1 Å². The number of amides is 1. The first-order chi connectivity index (χ1) is 11.0. The first-order valence-electron chi connectivity index (χ1n) is 6.90. The van der Waals surface area contributed by atoms with Gasteiger partial charge in [-0.3, -0.25) is 4.79 Å². The summed E-state index contributed by atoms with van der Waals surface area (Å²) in [5.41, 5.74) is 2.70. The summed E-state index contributed by atoms with van der Waals surface area (Å²) in [6.07, 6.45) is 1.62. The molecule has 7 nitrogen and oxygen atoms in total. The molecule has 0 aliphatic heterocycles. The number of aromatic nitrogens is 3. The van der Waals surface area contributed by atoms with Crippen LogP contribution in [0.15, 0.2) is 36.5 Å². The van der Waals surface area contributed by atoms with Gasteiger partial charge in [0.05, 0.1) is 5.39 Å². The molecule has 0 saturated heterocycles. The van der Waals surface area contributed by atoms with Gasteiger partial charge in [-0.15, -0.1) is 0 Å². The fraction of sp³-hybridized carbons (Fsp3) is 0.125. The first kappa shape index (κ1) is 14.7. The average Bonchev–Trinajstić information content (AvgIpc) is 2.85. The zero-order valence-electron chi connectivity index (χ0n) is 12.6. The van der Waals surface area contributed by atoms with Crippen molar-refractivity contribution < 1.29 is 14.7 Å². The highest BCUT2D eigenvalue weighted by Gasteiger charge is 2.19. The molecule has 23 heavy (non-hydrogen) atoms. The summed E-state index contributed by atoms with van der Waals surface area (Å²) in [5.74, 6) is -1.25. The summed E-state index contributed by atoms with van der Waals surface area (Å²) < 4.78 is 1.45. The number of aryl methyl sites for hydroxylation is 1. The number of rotatable bonds is 3. The van der Waals surface area contributed by atoms with Crippen molar-refractivity contribution in [3.05, 3.63) is 42.2 Å². The van der Waals surface area contributed by atoms with E-state index < -0.39 is 5.97 Å². The van der Waals surface area contributed by atoms with Gasteiger partial charge in [0.2, 0.25) is 5.91 Å². The first-order valence-corrected chi connectivity index (χ1v) is 6.90. The lowest BCUT2D eigenvalue weighted by Crippen LogP contribution is -2.05. The van der Waals surface area contributed by atoms with Crippen molar-refractivity contribution in [2.75, 3.05) is 5.32 Å². The summed E-state index contributed by atoms with van der Waals surface area (Å²) in [6, 6.07) is 8.92. The number of anilines is 1. The summed E-state index contributed by atoms with van der Waals surface area (Å²) in [6.45, 7) is 1.44. The Morgan fingerprint density at radius 1 is 1.17 bits per heavy atom. The van der Waals surface area contributed by atoms with E-state index in [0.29, 0.717) is 16.7 Å². The molecular formula is C16H14N4O3. The van der Waals surface area contributed by atoms with Gasteiger partial charge in [-0.2, -0.15) is 5.10 Å². The van der Waals surface area contributed by atoms with E-state index in [2.05, 4.69) is 15.4 Å². The Balaban J connectivity index is 2.16. The number of carbonyl (C=O) groups excluding carboxylic acids is 1. The topological polar surface area (TPSA) is 97.1 Å². The second kappa shape index (κ2) is 5.53. The van der Waals surface area contributed by atoms with Gasteiger partial charge in [0, 0.05) is 25.9 Å². The zero-order chi connectivity index (χ0) is 16.6. The van der Waals surface area contributed by atoms with Crippen LogP contribution in [0.25, 0.3) is 22.2 Å². The van der Waals surface area contributed by atoms with Gasteiger partial charge in [-0.1, -0.05) is 12.1 Å². The summed E-state index contributed by atoms with van der Waals surface area (Å²) >= 11 is 0. The van der Waals surface area contributed by atoms with Crippen LogP contribution in [-0.2, 0) is 11.8 Å². The number of carbonyl (C=O) groups is 2. The van der Waals surface area contributed by atoms with E-state index in [9.17, 15) is 14.7 Å². The number of carboxylic acid groups (broad SMARTS) is 1. The molecule has 0 saturated carbocycles. The molecule has 0 aliphatic rings. The van der Waals surface area contributed by atoms with Crippen LogP contribution in [0.2, 0.25) is 0 Å². The SMILES string of the molecule is CC(=O)Nc1ccc(-c2ccnc3c2c(C(=O)O)nn3C)cc1. The quantitative estimate of drug-likeness (QED) is 0.773. The lowest BCUT2D eigenvalue weighted by atomic mass is 10.0. The van der Waals surface area contributed by atoms with Crippen LogP contribution >= 0.6 is 0 Å². The van der Waals surface area contributed by atoms with Crippen LogP contribution in [0.5, 0.6) is 0 Å². The maximum absolute atomic E-state index is 11.4. The normalized spacial score (nSPS) is 10.7. The number of hydrogen-bond donors (Lipinski definition) is 2. The Bertz CT molecular complexity index is 913. The van der Waals surface area contributed by atoms with Crippen molar-refractivity contribution in [2.24, 2.45) is 7.05 Å². The molecule has 1 amide bonds. The molecule has 2 N–H and O–H groups in total. The smallest absolute Gasteiger partial charge is 0.357 e. The van der Waals surface area contributed by atoms with E-state index in [1.807, 2.05) is 12.1 Å². The third kappa shape index (κ3) is 2.64. The number of aromatic carboxylic acids is 1. The molecule has 0 spiro atoms. The van der Waals surface area contributed by atoms with E-state index in [1.54, 1.807) is 31.4 Å². The molecule has 0 unspecified atom stereocenters. The maximum atomic E-state index is 11.4. The average molecular weight is 310 g/mol. The molecule has 0 radical (unpaired) electrons. The molecule has 0 aliphatic carbocycles. The molecule has 0 atom stereocenters. The van der Waals surface area contributed by atoms with Gasteiger partial charge in [0.25, 0.3) is 0 Å². The van der Waals surface area contributed by atoms with Crippen molar-refractivity contribution in [1.82, 2.24) is 14.8 Å². The van der Waals surface area contributed by atoms with Crippen molar-refractivity contribution in [2.45, 2.75) is 6.92 Å². The number of carboxylic acids is 1. The van der Waals surface area contributed by atoms with E-state index in [1.165, 1.54) is 11.6 Å². The van der Waals surface area contributed by atoms with Crippen molar-refractivity contribution in [3.63, 3.8) is 0 Å². The lowest BCUT2D eigenvalue weighted by molar-refractivity contribution is -0.114. The highest BCUT2D eigenvalue weighted by molar-refractivity contribution is 6.07. The molecule has 1 aromatic carbocycles. The van der Waals surface area contributed by atoms with Gasteiger partial charge in [-0.05, 0) is 29.3 Å². The second-order valence-electron chi connectivity index (χ2n) is 5.09. The molecular weight excluding hydrogens is 296 g/mol. The molecule has 3 aromatic rings. The fourth-order valence-corrected chi connectivity index (χ4v) is 2.50. The molecule has 3 rings (SSSR count). The summed E-state index contributed by atoms with van der Waals surface area (Å²) in [5, 5.41) is 16.6. The maximum Gasteiger partial charge on any atom is 0.357 e. The monoisotopic (exact) mass is 310 g/mol. The highest BCUT2D eigenvalue weighted by atomic mass is 16.4. The second-order valence-corrected chi connectivity index (χ2v) is 5.09. The Morgan fingerprint density at radius 2 is 1.87 bits per heavy atom. The van der Waals surface area contributed by atoms with Crippen LogP contribution in [0.1, 0.15) is 17.4 Å². The molecule has 7 heteroatoms. The number of nitrogens with one attached hydrogen (secondary N) is 1. The Morgan fingerprint density at radius 3 is 2.48 bits per heavy atom. The minimum Gasteiger partial charge on any atom is -0.476 e. The Labute approximate surface area is 131 Å². The van der Waals surface area contributed by atoms with Crippen LogP contribution in [0, 0.1) is 0 Å². The van der Waals surface area contributed by atoms with E-state index in [4.69, 9.17) is 0 Å². The predicted molar refractivity (Wildman–Crippen MR) is 85.2 cm³/mol. The van der Waals surface area contributed by atoms with Gasteiger partial charge in [0.15, 0.2) is 11.3 Å². The molecule has 116 valence electrons. The Hall–Kier alpha value is -3.22. The number of pyridine rings is 1. The van der Waals surface area contributed by atoms with Gasteiger partial charge >= 0.3 is 5.97 Å². The lowest BCUT2D eigenvalue weighted by Gasteiger charge is -2.06. The van der Waals surface area contributed by atoms with E-state index in [0.717, 1.165) is 11.1 Å². The summed E-state index contributed by atoms with van der Waals surface area (Å²) in [4.78, 5) is 26.7. The van der Waals surface area contributed by atoms with Crippen LogP contribution < -0.4 is 5.32 Å². The van der Waals surface area contributed by atoms with Crippen LogP contribution in [-0.4, -0.2) is 31.7 Å². The number of hydrogen-bond acceptors (Lipinski definition) is 4. The van der Waals surface area contributed by atoms with Crippen molar-refractivity contribution >= 4 is 28.6 Å². The minimum atomic E-state index is -1.10. The number of nitrogens with zero attached hydrogens (tertiary/aromatic N) is 3. The molecule has 2 aromatic heterocycles. The standard InChI is InChI=1S/C16H14N4O3/c1-9(21)18-11-5-3-10(4-6-11)12-7-8-17-15-13(12)14(16(22)23)19-20(15)2/h3-8H,1-2H3,(H,18,21)(H,22,23). The number of benzene rings is 1. The molecule has 0 fully saturated rings.